The Morgan fingerprint density at radius 3 is 2.55 bits per heavy atom. The molecule has 0 unspecified atom stereocenters. The number of hydrogen-bond donors (Lipinski definition) is 1. The fourth-order valence-electron chi connectivity index (χ4n) is 2.59. The van der Waals surface area contributed by atoms with E-state index in [9.17, 15) is 9.59 Å². The molecule has 0 spiro atoms. The summed E-state index contributed by atoms with van der Waals surface area (Å²) in [4.78, 5) is 26.0. The molecule has 0 atom stereocenters. The third-order valence-corrected chi connectivity index (χ3v) is 3.98. The maximum atomic E-state index is 12.2. The van der Waals surface area contributed by atoms with Gasteiger partial charge in [-0.1, -0.05) is 24.2 Å². The van der Waals surface area contributed by atoms with Crippen LogP contribution in [-0.2, 0) is 16.1 Å². The van der Waals surface area contributed by atoms with Crippen molar-refractivity contribution in [1.82, 2.24) is 20.5 Å². The number of amides is 2. The van der Waals surface area contributed by atoms with Crippen LogP contribution in [0.5, 0.6) is 0 Å². The van der Waals surface area contributed by atoms with Crippen LogP contribution in [-0.4, -0.2) is 40.1 Å². The van der Waals surface area contributed by atoms with Gasteiger partial charge in [0.25, 0.3) is 0 Å². The molecule has 1 aliphatic heterocycles. The van der Waals surface area contributed by atoms with Crippen molar-refractivity contribution in [2.45, 2.75) is 46.6 Å². The number of piperidine rings is 1. The van der Waals surface area contributed by atoms with Crippen molar-refractivity contribution in [2.75, 3.05) is 13.1 Å². The van der Waals surface area contributed by atoms with Gasteiger partial charge < -0.3 is 10.2 Å². The molecule has 0 aliphatic carbocycles. The quantitative estimate of drug-likeness (QED) is 0.885. The van der Waals surface area contributed by atoms with Gasteiger partial charge in [-0.3, -0.25) is 9.59 Å². The molecule has 0 saturated carbocycles. The van der Waals surface area contributed by atoms with E-state index in [-0.39, 0.29) is 17.7 Å². The summed E-state index contributed by atoms with van der Waals surface area (Å²) in [6.45, 7) is 7.53. The second-order valence-corrected chi connectivity index (χ2v) is 6.27. The van der Waals surface area contributed by atoms with Crippen molar-refractivity contribution in [3.05, 3.63) is 11.4 Å². The van der Waals surface area contributed by atoms with Crippen LogP contribution in [0.15, 0.2) is 4.63 Å². The average molecular weight is 308 g/mol. The molecule has 2 rings (SSSR count). The zero-order valence-corrected chi connectivity index (χ0v) is 13.5. The molecule has 0 radical (unpaired) electrons. The molecule has 7 heteroatoms. The first-order chi connectivity index (χ1) is 10.5. The molecule has 1 N–H and O–H groups in total. The van der Waals surface area contributed by atoms with Crippen molar-refractivity contribution in [2.24, 2.45) is 11.8 Å². The number of aryl methyl sites for hydroxylation is 1. The van der Waals surface area contributed by atoms with Crippen LogP contribution in [0.1, 0.15) is 44.5 Å². The highest BCUT2D eigenvalue weighted by Gasteiger charge is 2.27. The number of hydrogen-bond acceptors (Lipinski definition) is 5. The van der Waals surface area contributed by atoms with Crippen molar-refractivity contribution in [3.8, 4) is 0 Å². The molecule has 1 aliphatic rings. The van der Waals surface area contributed by atoms with Gasteiger partial charge in [-0.05, 0) is 25.7 Å². The van der Waals surface area contributed by atoms with E-state index in [0.29, 0.717) is 56.2 Å². The van der Waals surface area contributed by atoms with Gasteiger partial charge in [-0.2, -0.15) is 0 Å². The lowest BCUT2D eigenvalue weighted by Crippen LogP contribution is -2.43. The fourth-order valence-corrected chi connectivity index (χ4v) is 2.59. The van der Waals surface area contributed by atoms with E-state index in [1.165, 1.54) is 0 Å². The number of likely N-dealkylation sites (tertiary alicyclic amines) is 1. The molecule has 0 aromatic carbocycles. The van der Waals surface area contributed by atoms with Crippen molar-refractivity contribution in [1.29, 1.82) is 0 Å². The van der Waals surface area contributed by atoms with Crippen LogP contribution in [0, 0.1) is 18.8 Å². The fraction of sp³-hybridized carbons (Fsp3) is 0.733. The number of carbonyl (C=O) groups is 2. The van der Waals surface area contributed by atoms with Crippen molar-refractivity contribution >= 4 is 11.8 Å². The first-order valence-electron chi connectivity index (χ1n) is 7.81. The monoisotopic (exact) mass is 308 g/mol. The lowest BCUT2D eigenvalue weighted by atomic mass is 9.95. The van der Waals surface area contributed by atoms with Crippen LogP contribution in [0.25, 0.3) is 0 Å². The van der Waals surface area contributed by atoms with E-state index in [0.717, 1.165) is 0 Å². The SMILES string of the molecule is Cc1nonc1CNC(=O)C1CCN(C(=O)CC(C)C)CC1. The Hall–Kier alpha value is -1.92. The highest BCUT2D eigenvalue weighted by Crippen LogP contribution is 2.19. The summed E-state index contributed by atoms with van der Waals surface area (Å²) in [6.07, 6.45) is 2.01. The van der Waals surface area contributed by atoms with Gasteiger partial charge in [0.05, 0.1) is 6.54 Å². The van der Waals surface area contributed by atoms with E-state index in [4.69, 9.17) is 0 Å². The predicted octanol–water partition coefficient (Wildman–Crippen LogP) is 1.28. The zero-order valence-electron chi connectivity index (χ0n) is 13.5. The number of aromatic nitrogens is 2. The minimum Gasteiger partial charge on any atom is -0.350 e. The highest BCUT2D eigenvalue weighted by atomic mass is 16.6. The van der Waals surface area contributed by atoms with Crippen molar-refractivity contribution in [3.63, 3.8) is 0 Å². The third-order valence-electron chi connectivity index (χ3n) is 3.98. The van der Waals surface area contributed by atoms with Crippen molar-refractivity contribution < 1.29 is 14.2 Å². The van der Waals surface area contributed by atoms with E-state index in [1.807, 2.05) is 18.7 Å². The van der Waals surface area contributed by atoms with Gasteiger partial charge >= 0.3 is 0 Å². The summed E-state index contributed by atoms with van der Waals surface area (Å²) in [5, 5.41) is 10.3. The normalized spacial score (nSPS) is 16.1. The summed E-state index contributed by atoms with van der Waals surface area (Å²) in [6, 6.07) is 0. The number of carbonyl (C=O) groups excluding carboxylic acids is 2. The van der Waals surface area contributed by atoms with Gasteiger partial charge in [0.15, 0.2) is 0 Å². The molecular weight excluding hydrogens is 284 g/mol. The molecular formula is C15H24N4O3. The van der Waals surface area contributed by atoms with E-state index in [2.05, 4.69) is 20.3 Å². The van der Waals surface area contributed by atoms with Gasteiger partial charge in [0, 0.05) is 25.4 Å². The Morgan fingerprint density at radius 1 is 1.32 bits per heavy atom. The first kappa shape index (κ1) is 16.5. The average Bonchev–Trinajstić information content (AvgIpc) is 2.89. The highest BCUT2D eigenvalue weighted by molar-refractivity contribution is 5.80. The molecule has 1 fully saturated rings. The van der Waals surface area contributed by atoms with E-state index in [1.54, 1.807) is 6.92 Å². The van der Waals surface area contributed by atoms with Crippen LogP contribution in [0.2, 0.25) is 0 Å². The maximum absolute atomic E-state index is 12.2. The summed E-state index contributed by atoms with van der Waals surface area (Å²) in [5.74, 6) is 0.535. The van der Waals surface area contributed by atoms with Gasteiger partial charge in [-0.15, -0.1) is 0 Å². The van der Waals surface area contributed by atoms with E-state index >= 15 is 0 Å². The van der Waals surface area contributed by atoms with Crippen LogP contribution in [0.4, 0.5) is 0 Å². The molecule has 2 amide bonds. The topological polar surface area (TPSA) is 88.3 Å². The lowest BCUT2D eigenvalue weighted by molar-refractivity contribution is -0.136. The molecule has 7 nitrogen and oxygen atoms in total. The Bertz CT molecular complexity index is 519. The first-order valence-corrected chi connectivity index (χ1v) is 7.81. The predicted molar refractivity (Wildman–Crippen MR) is 79.6 cm³/mol. The van der Waals surface area contributed by atoms with Crippen LogP contribution in [0.3, 0.4) is 0 Å². The summed E-state index contributed by atoms with van der Waals surface area (Å²) < 4.78 is 4.60. The Balaban J connectivity index is 1.75. The van der Waals surface area contributed by atoms with Crippen LogP contribution >= 0.6 is 0 Å². The third kappa shape index (κ3) is 4.29. The number of nitrogens with zero attached hydrogens (tertiary/aromatic N) is 3. The Labute approximate surface area is 130 Å². The minimum atomic E-state index is -0.0386. The number of nitrogens with one attached hydrogen (secondary N) is 1. The van der Waals surface area contributed by atoms with Crippen LogP contribution < -0.4 is 5.32 Å². The molecule has 2 heterocycles. The summed E-state index contributed by atoms with van der Waals surface area (Å²) in [5.41, 5.74) is 1.34. The summed E-state index contributed by atoms with van der Waals surface area (Å²) >= 11 is 0. The molecule has 1 aromatic heterocycles. The largest absolute Gasteiger partial charge is 0.350 e. The smallest absolute Gasteiger partial charge is 0.223 e. The Morgan fingerprint density at radius 2 is 2.00 bits per heavy atom. The van der Waals surface area contributed by atoms with Gasteiger partial charge in [-0.25, -0.2) is 4.63 Å². The molecule has 1 saturated heterocycles. The lowest BCUT2D eigenvalue weighted by Gasteiger charge is -2.31. The zero-order chi connectivity index (χ0) is 16.1. The number of rotatable bonds is 5. The van der Waals surface area contributed by atoms with E-state index < -0.39 is 0 Å². The summed E-state index contributed by atoms with van der Waals surface area (Å²) in [7, 11) is 0. The van der Waals surface area contributed by atoms with Gasteiger partial charge in [0.2, 0.25) is 11.8 Å². The molecule has 1 aromatic rings. The second-order valence-electron chi connectivity index (χ2n) is 6.27. The Kier molecular flexibility index (Phi) is 5.51. The molecule has 0 bridgehead atoms. The minimum absolute atomic E-state index is 0.0124. The second kappa shape index (κ2) is 7.38. The maximum Gasteiger partial charge on any atom is 0.223 e. The van der Waals surface area contributed by atoms with Gasteiger partial charge in [0.1, 0.15) is 11.4 Å². The standard InChI is InChI=1S/C15H24N4O3/c1-10(2)8-14(20)19-6-4-12(5-7-19)15(21)16-9-13-11(3)17-22-18-13/h10,12H,4-9H2,1-3H3,(H,16,21). The molecule has 22 heavy (non-hydrogen) atoms. The molecule has 122 valence electrons.